The summed E-state index contributed by atoms with van der Waals surface area (Å²) in [7, 11) is 0. The summed E-state index contributed by atoms with van der Waals surface area (Å²) in [6.07, 6.45) is 5.18. The van der Waals surface area contributed by atoms with Crippen LogP contribution in [0.15, 0.2) is 122 Å². The number of ketones is 1. The van der Waals surface area contributed by atoms with Gasteiger partial charge in [0, 0.05) is 106 Å². The van der Waals surface area contributed by atoms with Gasteiger partial charge >= 0.3 is 18.5 Å². The first kappa shape index (κ1) is 92.2. The van der Waals surface area contributed by atoms with Gasteiger partial charge in [-0.15, -0.1) is 0 Å². The summed E-state index contributed by atoms with van der Waals surface area (Å²) < 4.78 is 39.2. The first-order chi connectivity index (χ1) is 45.6. The fourth-order valence-corrected chi connectivity index (χ4v) is 11.4. The standard InChI is InChI=1S/C16H25NO4.C16H25NO3.C14H22INO3.C9H12INO.C9H13NO.C9H12O2.C4H8O/c1-8-12-10(3)17(19)11(4)13(9-2)14(12)20-15(18)21-16(5,6)7;1-8-12-10(3)17-11(4)13(9-2)14(12)19-15(18)20-16(5,6)7;1-7-10-8(2)16-9(3)11(15)12(10)18-13(17)19-14(4,5)6;1-4-7-5(2)11-6(3)8(10)9(7)12;1-4-8-7(3)10-6(2)5-9(8)11;1-4-8-7(3)11-6(2)5-9(8)10;1-3-4(2)5/h8,14,17H,1,9H2,2-7H3;8,14,17H,1,9H2,2-7H3;12,16H,7H2,1-6H3;4H2,1-3H3,(H,11,12);5H,4H2,1-3H3,(H,10,11);5H,4H2,1-3H3;3H2,1-2H3. The van der Waals surface area contributed by atoms with Gasteiger partial charge in [-0.3, -0.25) is 14.4 Å². The highest BCUT2D eigenvalue weighted by Gasteiger charge is 2.36. The van der Waals surface area contributed by atoms with E-state index in [1.807, 2.05) is 145 Å². The van der Waals surface area contributed by atoms with Gasteiger partial charge in [-0.05, 0) is 233 Å². The molecule has 3 aliphatic rings. The molecule has 22 heteroatoms. The Morgan fingerprint density at radius 2 is 0.909 bits per heavy atom. The molecule has 4 atom stereocenters. The average molecular weight is 1610 g/mol. The summed E-state index contributed by atoms with van der Waals surface area (Å²) >= 11 is 4.30. The van der Waals surface area contributed by atoms with E-state index in [0.29, 0.717) is 35.6 Å². The third kappa shape index (κ3) is 30.5. The molecule has 6 rings (SSSR count). The second-order valence-electron chi connectivity index (χ2n) is 26.8. The number of carbonyl (C=O) groups is 4. The average Bonchev–Trinajstić information content (AvgIpc) is 0.801. The van der Waals surface area contributed by atoms with Crippen LogP contribution in [0, 0.1) is 50.3 Å². The van der Waals surface area contributed by atoms with Gasteiger partial charge in [0.1, 0.15) is 45.5 Å². The topological polar surface area (TPSA) is 271 Å². The lowest BCUT2D eigenvalue weighted by atomic mass is 9.92. The number of carbonyl (C=O) groups excluding carboxylic acids is 4. The first-order valence-corrected chi connectivity index (χ1v) is 35.8. The molecule has 3 aliphatic heterocycles. The Morgan fingerprint density at radius 1 is 0.525 bits per heavy atom. The quantitative estimate of drug-likeness (QED) is 0.0488. The van der Waals surface area contributed by atoms with Crippen molar-refractivity contribution < 1.29 is 57.1 Å². The van der Waals surface area contributed by atoms with Crippen molar-refractivity contribution in [2.75, 3.05) is 0 Å². The highest BCUT2D eigenvalue weighted by atomic mass is 127. The monoisotopic (exact) mass is 1610 g/mol. The molecule has 0 saturated heterocycles. The molecule has 3 aromatic heterocycles. The number of nitrogens with one attached hydrogen (secondary N) is 5. The van der Waals surface area contributed by atoms with E-state index < -0.39 is 47.5 Å². The lowest BCUT2D eigenvalue weighted by Crippen LogP contribution is -3.04. The van der Waals surface area contributed by atoms with Gasteiger partial charge in [0.25, 0.3) is 0 Å². The number of hydrogen-bond donors (Lipinski definition) is 5. The van der Waals surface area contributed by atoms with Gasteiger partial charge < -0.3 is 68.5 Å². The summed E-state index contributed by atoms with van der Waals surface area (Å²) in [6.45, 7) is 61.9. The predicted molar refractivity (Wildman–Crippen MR) is 415 cm³/mol. The molecule has 0 radical (unpaired) electrons. The third-order valence-corrected chi connectivity index (χ3v) is 18.0. The molecule has 0 spiro atoms. The molecule has 4 unspecified atom stereocenters. The van der Waals surface area contributed by atoms with E-state index in [9.17, 15) is 38.8 Å². The number of hydroxylamine groups is 2. The van der Waals surface area contributed by atoms with Crippen LogP contribution in [0.3, 0.4) is 0 Å². The van der Waals surface area contributed by atoms with E-state index in [0.717, 1.165) is 130 Å². The zero-order valence-corrected chi connectivity index (χ0v) is 69.1. The number of hydrogen-bond acceptors (Lipinski definition) is 17. The van der Waals surface area contributed by atoms with Crippen molar-refractivity contribution in [3.63, 3.8) is 0 Å². The van der Waals surface area contributed by atoms with Crippen LogP contribution in [-0.2, 0) is 52.5 Å². The molecule has 3 aromatic rings. The molecule has 6 heterocycles. The van der Waals surface area contributed by atoms with Crippen LogP contribution in [0.1, 0.15) is 236 Å². The maximum atomic E-state index is 12.2. The SMILES string of the molecule is C=CC1=C(C)NC(C)=C(CC)C1OC(=O)OC(C)(C)C.C=CC1=C(C)[NH+]([O-])C(C)=C(CC)C1OC(=O)OC(C)(C)C.CCC(C)=O.CCC1=C(C)NC(C)=C(I)C1OC(=O)OC(C)(C)C.CCc1c(C)[nH]c(C)c(I)c1=O.CCc1c(C)[nH]c(C)cc1=O.CCc1c(C)oc(C)cc1=O. The van der Waals surface area contributed by atoms with Gasteiger partial charge in [0.15, 0.2) is 34.6 Å². The van der Waals surface area contributed by atoms with Crippen LogP contribution in [-0.4, -0.2) is 69.3 Å². The number of quaternary nitrogens is 1. The van der Waals surface area contributed by atoms with Crippen molar-refractivity contribution in [2.24, 2.45) is 0 Å². The van der Waals surface area contributed by atoms with Crippen molar-refractivity contribution in [1.29, 1.82) is 0 Å². The van der Waals surface area contributed by atoms with Gasteiger partial charge in [-0.2, -0.15) is 0 Å². The van der Waals surface area contributed by atoms with Crippen LogP contribution in [0.4, 0.5) is 14.4 Å². The van der Waals surface area contributed by atoms with Crippen molar-refractivity contribution in [3.8, 4) is 0 Å². The Kier molecular flexibility index (Phi) is 39.6. The van der Waals surface area contributed by atoms with Gasteiger partial charge in [-0.25, -0.2) is 14.4 Å². The number of halogens is 2. The van der Waals surface area contributed by atoms with E-state index in [4.69, 9.17) is 32.8 Å². The number of aryl methyl sites for hydroxylation is 6. The van der Waals surface area contributed by atoms with Gasteiger partial charge in [0.2, 0.25) is 0 Å². The van der Waals surface area contributed by atoms with Crippen LogP contribution >= 0.6 is 45.2 Å². The van der Waals surface area contributed by atoms with Crippen LogP contribution in [0.25, 0.3) is 0 Å². The lowest BCUT2D eigenvalue weighted by molar-refractivity contribution is -0.765. The highest BCUT2D eigenvalue weighted by Crippen LogP contribution is 2.34. The number of rotatable bonds is 12. The Hall–Kier alpha value is -6.77. The molecule has 0 aromatic carbocycles. The third-order valence-electron chi connectivity index (χ3n) is 15.3. The molecular weight excluding hydrogens is 1490 g/mol. The predicted octanol–water partition coefficient (Wildman–Crippen LogP) is 17.7. The van der Waals surface area contributed by atoms with Crippen LogP contribution in [0.5, 0.6) is 0 Å². The fourth-order valence-electron chi connectivity index (χ4n) is 10.3. The molecule has 0 fully saturated rings. The van der Waals surface area contributed by atoms with E-state index in [-0.39, 0.29) is 33.2 Å². The summed E-state index contributed by atoms with van der Waals surface area (Å²) in [5.41, 5.74) is 14.8. The number of aromatic amines is 2. The molecule has 5 N–H and O–H groups in total. The zero-order chi connectivity index (χ0) is 77.1. The minimum atomic E-state index is -0.743. The Bertz CT molecular complexity index is 3640. The second kappa shape index (κ2) is 42.5. The molecule has 0 saturated carbocycles. The van der Waals surface area contributed by atoms with E-state index in [1.54, 1.807) is 66.7 Å². The van der Waals surface area contributed by atoms with E-state index in [2.05, 4.69) is 85.9 Å². The van der Waals surface area contributed by atoms with E-state index >= 15 is 0 Å². The number of pyridine rings is 2. The van der Waals surface area contributed by atoms with Crippen molar-refractivity contribution in [2.45, 2.75) is 281 Å². The summed E-state index contributed by atoms with van der Waals surface area (Å²) in [4.78, 5) is 85.9. The highest BCUT2D eigenvalue weighted by molar-refractivity contribution is 14.1. The minimum absolute atomic E-state index is 0.0224. The second-order valence-corrected chi connectivity index (χ2v) is 29.0. The minimum Gasteiger partial charge on any atom is -0.624 e. The van der Waals surface area contributed by atoms with Gasteiger partial charge in [0.05, 0.1) is 12.7 Å². The summed E-state index contributed by atoms with van der Waals surface area (Å²) in [5, 5.41) is 18.8. The normalized spacial score (nSPS) is 16.6. The zero-order valence-electron chi connectivity index (χ0n) is 64.8. The number of dihydropyridines is 2. The smallest absolute Gasteiger partial charge is 0.509 e. The summed E-state index contributed by atoms with van der Waals surface area (Å²) in [5.74, 6) is 1.69. The molecule has 0 aliphatic carbocycles. The summed E-state index contributed by atoms with van der Waals surface area (Å²) in [6, 6.07) is 3.18. The number of aromatic nitrogens is 2. The Labute approximate surface area is 617 Å². The molecular formula is C77H117I2N5O15. The fraction of sp³-hybridized carbons (Fsp3) is 0.545. The number of H-pyrrole nitrogens is 2. The number of Topliss-reactive ketones (excluding diaryl/α,β-unsaturated/α-hetero) is 1. The molecule has 0 bridgehead atoms. The first-order valence-electron chi connectivity index (χ1n) is 33.7. The lowest BCUT2D eigenvalue weighted by Gasteiger charge is -2.35. The number of allylic oxidation sites excluding steroid dienone is 6. The van der Waals surface area contributed by atoms with Crippen molar-refractivity contribution >= 4 is 69.4 Å². The Morgan fingerprint density at radius 3 is 1.28 bits per heavy atom. The number of ether oxygens (including phenoxy) is 6. The Balaban J connectivity index is 0.00000117. The maximum absolute atomic E-state index is 12.2. The largest absolute Gasteiger partial charge is 0.624 e. The van der Waals surface area contributed by atoms with Crippen molar-refractivity contribution in [1.82, 2.24) is 20.6 Å². The van der Waals surface area contributed by atoms with Gasteiger partial charge in [-0.1, -0.05) is 73.8 Å². The molecule has 99 heavy (non-hydrogen) atoms. The van der Waals surface area contributed by atoms with Crippen molar-refractivity contribution in [3.05, 3.63) is 194 Å². The maximum Gasteiger partial charge on any atom is 0.509 e. The van der Waals surface area contributed by atoms with Crippen LogP contribution < -0.4 is 32.0 Å². The van der Waals surface area contributed by atoms with E-state index in [1.165, 1.54) is 6.07 Å². The molecule has 554 valence electrons. The van der Waals surface area contributed by atoms with Crippen LogP contribution in [0.2, 0.25) is 0 Å². The molecule has 20 nitrogen and oxygen atoms in total. The molecule has 0 amide bonds.